The molecule has 1 atom stereocenters. The fraction of sp³-hybridized carbons (Fsp3) is 0.385. The van der Waals surface area contributed by atoms with Crippen molar-refractivity contribution in [3.05, 3.63) is 63.2 Å². The number of nitro groups is 1. The smallest absolute Gasteiger partial charge is 0.308 e. The maximum atomic E-state index is 13.8. The summed E-state index contributed by atoms with van der Waals surface area (Å²) in [6.07, 6.45) is 4.86. The van der Waals surface area contributed by atoms with Crippen LogP contribution in [0.15, 0.2) is 42.5 Å². The second-order valence-corrected chi connectivity index (χ2v) is 9.56. The van der Waals surface area contributed by atoms with Crippen LogP contribution in [-0.4, -0.2) is 45.6 Å². The third kappa shape index (κ3) is 5.64. The number of nitro benzene ring substituents is 1. The minimum Gasteiger partial charge on any atom is -0.427 e. The molecule has 194 valence electrons. The van der Waals surface area contributed by atoms with E-state index in [0.717, 1.165) is 36.6 Å². The van der Waals surface area contributed by atoms with E-state index in [-0.39, 0.29) is 28.8 Å². The lowest BCUT2D eigenvalue weighted by Gasteiger charge is -2.35. The van der Waals surface area contributed by atoms with Gasteiger partial charge in [0, 0.05) is 24.6 Å². The molecule has 37 heavy (non-hydrogen) atoms. The van der Waals surface area contributed by atoms with Crippen LogP contribution in [0, 0.1) is 10.1 Å². The Kier molecular flexibility index (Phi) is 7.87. The molecule has 0 bridgehead atoms. The van der Waals surface area contributed by atoms with E-state index in [0.29, 0.717) is 18.5 Å². The van der Waals surface area contributed by atoms with Crippen LogP contribution in [0.4, 0.5) is 11.4 Å². The third-order valence-corrected chi connectivity index (χ3v) is 6.98. The SMILES string of the molecule is CC(=O)Oc1ccc(N2C(=O)CC(N(C(=O)c3ccc(Cl)c([N+](=O)[O-])c3)C3CCCCCC3)C2=O)cc1. The fourth-order valence-electron chi connectivity index (χ4n) is 4.97. The van der Waals surface area contributed by atoms with Gasteiger partial charge in [0.1, 0.15) is 16.8 Å². The number of nitrogens with zero attached hydrogens (tertiary/aromatic N) is 3. The van der Waals surface area contributed by atoms with Crippen LogP contribution < -0.4 is 9.64 Å². The van der Waals surface area contributed by atoms with Gasteiger partial charge in [-0.25, -0.2) is 4.90 Å². The predicted octanol–water partition coefficient (Wildman–Crippen LogP) is 4.67. The van der Waals surface area contributed by atoms with Gasteiger partial charge in [-0.3, -0.25) is 29.3 Å². The second kappa shape index (κ2) is 11.1. The molecular weight excluding hydrogens is 502 g/mol. The van der Waals surface area contributed by atoms with Crippen LogP contribution in [0.5, 0.6) is 5.75 Å². The molecule has 4 rings (SSSR count). The number of anilines is 1. The molecule has 3 amide bonds. The minimum absolute atomic E-state index is 0.0322. The monoisotopic (exact) mass is 527 g/mol. The van der Waals surface area contributed by atoms with Gasteiger partial charge in [0.05, 0.1) is 17.0 Å². The Morgan fingerprint density at radius 2 is 1.70 bits per heavy atom. The number of hydrogen-bond acceptors (Lipinski definition) is 7. The van der Waals surface area contributed by atoms with Crippen molar-refractivity contribution in [3.63, 3.8) is 0 Å². The van der Waals surface area contributed by atoms with E-state index in [1.165, 1.54) is 48.2 Å². The van der Waals surface area contributed by atoms with Crippen molar-refractivity contribution in [1.82, 2.24) is 4.90 Å². The topological polar surface area (TPSA) is 127 Å². The number of halogens is 1. The summed E-state index contributed by atoms with van der Waals surface area (Å²) in [6, 6.07) is 8.40. The van der Waals surface area contributed by atoms with Gasteiger partial charge < -0.3 is 9.64 Å². The van der Waals surface area contributed by atoms with E-state index in [1.54, 1.807) is 0 Å². The van der Waals surface area contributed by atoms with Crippen LogP contribution >= 0.6 is 11.6 Å². The summed E-state index contributed by atoms with van der Waals surface area (Å²) >= 11 is 5.94. The highest BCUT2D eigenvalue weighted by Gasteiger charge is 2.46. The van der Waals surface area contributed by atoms with Crippen molar-refractivity contribution in [2.75, 3.05) is 4.90 Å². The molecule has 1 heterocycles. The largest absolute Gasteiger partial charge is 0.427 e. The van der Waals surface area contributed by atoms with Crippen molar-refractivity contribution in [2.24, 2.45) is 0 Å². The first-order valence-electron chi connectivity index (χ1n) is 12.1. The van der Waals surface area contributed by atoms with Gasteiger partial charge in [-0.15, -0.1) is 0 Å². The summed E-state index contributed by atoms with van der Waals surface area (Å²) in [5.74, 6) is -1.80. The van der Waals surface area contributed by atoms with E-state index in [9.17, 15) is 29.3 Å². The summed E-state index contributed by atoms with van der Waals surface area (Å²) in [4.78, 5) is 64.9. The molecule has 10 nitrogen and oxygen atoms in total. The summed E-state index contributed by atoms with van der Waals surface area (Å²) in [5.41, 5.74) is -0.0785. The van der Waals surface area contributed by atoms with Crippen LogP contribution in [0.1, 0.15) is 62.2 Å². The maximum Gasteiger partial charge on any atom is 0.308 e. The highest BCUT2D eigenvalue weighted by Crippen LogP contribution is 2.33. The van der Waals surface area contributed by atoms with Crippen LogP contribution in [0.25, 0.3) is 0 Å². The van der Waals surface area contributed by atoms with E-state index in [1.807, 2.05) is 0 Å². The zero-order chi connectivity index (χ0) is 26.7. The molecule has 1 unspecified atom stereocenters. The average molecular weight is 528 g/mol. The average Bonchev–Trinajstić information content (AvgIpc) is 3.01. The van der Waals surface area contributed by atoms with Gasteiger partial charge >= 0.3 is 5.97 Å². The molecule has 2 aliphatic rings. The quantitative estimate of drug-likeness (QED) is 0.133. The Bertz CT molecular complexity index is 1240. The Labute approximate surface area is 218 Å². The molecule has 11 heteroatoms. The lowest BCUT2D eigenvalue weighted by atomic mass is 10.0. The maximum absolute atomic E-state index is 13.8. The van der Waals surface area contributed by atoms with E-state index >= 15 is 0 Å². The molecule has 2 aromatic carbocycles. The number of esters is 1. The lowest BCUT2D eigenvalue weighted by molar-refractivity contribution is -0.384. The van der Waals surface area contributed by atoms with Crippen LogP contribution in [0.3, 0.4) is 0 Å². The molecule has 1 saturated heterocycles. The van der Waals surface area contributed by atoms with Gasteiger partial charge in [-0.05, 0) is 49.2 Å². The summed E-state index contributed by atoms with van der Waals surface area (Å²) in [6.45, 7) is 1.26. The van der Waals surface area contributed by atoms with Crippen LogP contribution in [0.2, 0.25) is 5.02 Å². The first-order valence-corrected chi connectivity index (χ1v) is 12.5. The molecule has 0 spiro atoms. The lowest BCUT2D eigenvalue weighted by Crippen LogP contribution is -2.50. The van der Waals surface area contributed by atoms with E-state index in [2.05, 4.69) is 0 Å². The number of hydrogen-bond donors (Lipinski definition) is 0. The number of ether oxygens (including phenoxy) is 1. The summed E-state index contributed by atoms with van der Waals surface area (Å²) < 4.78 is 5.01. The number of amides is 3. The highest BCUT2D eigenvalue weighted by molar-refractivity contribution is 6.32. The number of benzene rings is 2. The molecule has 1 aliphatic heterocycles. The van der Waals surface area contributed by atoms with E-state index < -0.39 is 40.3 Å². The Morgan fingerprint density at radius 1 is 1.05 bits per heavy atom. The van der Waals surface area contributed by atoms with E-state index in [4.69, 9.17) is 16.3 Å². The standard InChI is InChI=1S/C26H26ClN3O7/c1-16(31)37-20-11-9-19(10-12-20)29-24(32)15-23(26(29)34)28(18-6-4-2-3-5-7-18)25(33)17-8-13-21(27)22(14-17)30(35)36/h8-14,18,23H,2-7,15H2,1H3. The molecular formula is C26H26ClN3O7. The zero-order valence-corrected chi connectivity index (χ0v) is 21.0. The van der Waals surface area contributed by atoms with Crippen molar-refractivity contribution < 1.29 is 28.8 Å². The van der Waals surface area contributed by atoms with Gasteiger partial charge in [-0.2, -0.15) is 0 Å². The number of rotatable bonds is 6. The fourth-order valence-corrected chi connectivity index (χ4v) is 5.15. The molecule has 0 aromatic heterocycles. The van der Waals surface area contributed by atoms with Gasteiger partial charge in [0.2, 0.25) is 5.91 Å². The highest BCUT2D eigenvalue weighted by atomic mass is 35.5. The Balaban J connectivity index is 1.68. The van der Waals surface area contributed by atoms with Crippen molar-refractivity contribution in [1.29, 1.82) is 0 Å². The number of carbonyl (C=O) groups excluding carboxylic acids is 4. The van der Waals surface area contributed by atoms with Crippen molar-refractivity contribution in [2.45, 2.75) is 64.0 Å². The molecule has 0 N–H and O–H groups in total. The Hall–Kier alpha value is -3.79. The normalized spacial score (nSPS) is 18.4. The minimum atomic E-state index is -1.05. The second-order valence-electron chi connectivity index (χ2n) is 9.16. The zero-order valence-electron chi connectivity index (χ0n) is 20.2. The molecule has 2 fully saturated rings. The Morgan fingerprint density at radius 3 is 2.30 bits per heavy atom. The molecule has 0 radical (unpaired) electrons. The summed E-state index contributed by atoms with van der Waals surface area (Å²) in [7, 11) is 0. The number of imide groups is 1. The molecule has 1 saturated carbocycles. The van der Waals surface area contributed by atoms with Crippen molar-refractivity contribution >= 4 is 46.7 Å². The number of carbonyl (C=O) groups is 4. The molecule has 2 aromatic rings. The summed E-state index contributed by atoms with van der Waals surface area (Å²) in [5, 5.41) is 11.3. The predicted molar refractivity (Wildman–Crippen MR) is 134 cm³/mol. The van der Waals surface area contributed by atoms with Gasteiger partial charge in [0.15, 0.2) is 0 Å². The van der Waals surface area contributed by atoms with Crippen molar-refractivity contribution in [3.8, 4) is 5.75 Å². The van der Waals surface area contributed by atoms with Gasteiger partial charge in [0.25, 0.3) is 17.5 Å². The first-order chi connectivity index (χ1) is 17.7. The van der Waals surface area contributed by atoms with Gasteiger partial charge in [-0.1, -0.05) is 37.3 Å². The molecule has 1 aliphatic carbocycles. The first kappa shape index (κ1) is 26.3. The van der Waals surface area contributed by atoms with Crippen LogP contribution in [-0.2, 0) is 14.4 Å². The third-order valence-electron chi connectivity index (χ3n) is 6.66.